The maximum absolute atomic E-state index is 12.6. The van der Waals surface area contributed by atoms with Crippen molar-refractivity contribution in [2.75, 3.05) is 26.0 Å². The minimum absolute atomic E-state index is 0.0168. The van der Waals surface area contributed by atoms with Gasteiger partial charge >= 0.3 is 0 Å². The highest BCUT2D eigenvalue weighted by atomic mass is 16.2. The van der Waals surface area contributed by atoms with Crippen molar-refractivity contribution in [3.8, 4) is 0 Å². The molecule has 1 aromatic carbocycles. The predicted molar refractivity (Wildman–Crippen MR) is 121 cm³/mol. The Kier molecular flexibility index (Phi) is 6.39. The zero-order valence-corrected chi connectivity index (χ0v) is 18.2. The minimum atomic E-state index is -0.198. The van der Waals surface area contributed by atoms with Gasteiger partial charge in [0.25, 0.3) is 5.91 Å². The summed E-state index contributed by atoms with van der Waals surface area (Å²) in [7, 11) is 3.49. The molecular formula is C24H26N6O2. The van der Waals surface area contributed by atoms with Crippen molar-refractivity contribution >= 4 is 17.6 Å². The maximum Gasteiger partial charge on any atom is 0.272 e. The molecule has 1 saturated heterocycles. The zero-order valence-electron chi connectivity index (χ0n) is 18.2. The summed E-state index contributed by atoms with van der Waals surface area (Å²) >= 11 is 0. The molecule has 2 aromatic heterocycles. The normalized spacial score (nSPS) is 15.6. The second-order valence-electron chi connectivity index (χ2n) is 7.88. The number of carbonyl (C=O) groups excluding carboxylic acids is 2. The molecule has 1 N–H and O–H groups in total. The van der Waals surface area contributed by atoms with Crippen molar-refractivity contribution in [1.82, 2.24) is 24.8 Å². The highest BCUT2D eigenvalue weighted by molar-refractivity contribution is 5.91. The van der Waals surface area contributed by atoms with Gasteiger partial charge < -0.3 is 15.1 Å². The summed E-state index contributed by atoms with van der Waals surface area (Å²) in [6, 6.07) is 17.1. The number of nitrogens with zero attached hydrogens (tertiary/aromatic N) is 5. The van der Waals surface area contributed by atoms with E-state index in [0.29, 0.717) is 36.8 Å². The van der Waals surface area contributed by atoms with Crippen LogP contribution < -0.4 is 5.32 Å². The number of nitrogens with one attached hydrogen (secondary N) is 1. The van der Waals surface area contributed by atoms with Crippen LogP contribution in [0.3, 0.4) is 0 Å². The molecule has 32 heavy (non-hydrogen) atoms. The van der Waals surface area contributed by atoms with Gasteiger partial charge in [-0.15, -0.1) is 0 Å². The van der Waals surface area contributed by atoms with Crippen LogP contribution in [0, 0.1) is 0 Å². The fourth-order valence-corrected chi connectivity index (χ4v) is 3.82. The summed E-state index contributed by atoms with van der Waals surface area (Å²) in [5.74, 6) is 1.09. The van der Waals surface area contributed by atoms with Crippen LogP contribution in [0.1, 0.15) is 39.9 Å². The number of rotatable bonds is 7. The molecule has 8 heteroatoms. The zero-order chi connectivity index (χ0) is 22.5. The lowest BCUT2D eigenvalue weighted by atomic mass is 10.0. The summed E-state index contributed by atoms with van der Waals surface area (Å²) in [5, 5.41) is 3.06. The molecule has 3 aromatic rings. The van der Waals surface area contributed by atoms with E-state index in [1.807, 2.05) is 41.3 Å². The molecule has 1 aliphatic rings. The van der Waals surface area contributed by atoms with Crippen molar-refractivity contribution in [3.63, 3.8) is 0 Å². The highest BCUT2D eigenvalue weighted by Gasteiger charge is 2.32. The SMILES string of the molecule is CNc1cc([C@H]2CC(=O)N(Cc3ccccc3)C2)nc(CN(C)C(=O)c2ccccn2)n1. The molecule has 3 heterocycles. The molecule has 0 bridgehead atoms. The van der Waals surface area contributed by atoms with Gasteiger partial charge in [0.2, 0.25) is 5.91 Å². The van der Waals surface area contributed by atoms with Crippen molar-refractivity contribution in [2.24, 2.45) is 0 Å². The average Bonchev–Trinajstić information content (AvgIpc) is 3.19. The molecule has 2 amide bonds. The van der Waals surface area contributed by atoms with Gasteiger partial charge in [-0.2, -0.15) is 0 Å². The highest BCUT2D eigenvalue weighted by Crippen LogP contribution is 2.29. The minimum Gasteiger partial charge on any atom is -0.373 e. The topological polar surface area (TPSA) is 91.3 Å². The lowest BCUT2D eigenvalue weighted by molar-refractivity contribution is -0.128. The fourth-order valence-electron chi connectivity index (χ4n) is 3.82. The van der Waals surface area contributed by atoms with Crippen molar-refractivity contribution in [2.45, 2.75) is 25.4 Å². The lowest BCUT2D eigenvalue weighted by Gasteiger charge is -2.19. The molecule has 1 atom stereocenters. The molecule has 164 valence electrons. The number of aromatic nitrogens is 3. The Morgan fingerprint density at radius 3 is 2.66 bits per heavy atom. The summed E-state index contributed by atoms with van der Waals surface area (Å²) in [6.45, 7) is 1.44. The molecule has 0 saturated carbocycles. The smallest absolute Gasteiger partial charge is 0.272 e. The van der Waals surface area contributed by atoms with Crippen LogP contribution in [0.25, 0.3) is 0 Å². The largest absolute Gasteiger partial charge is 0.373 e. The van der Waals surface area contributed by atoms with Gasteiger partial charge in [0.05, 0.1) is 12.2 Å². The van der Waals surface area contributed by atoms with Gasteiger partial charge in [-0.1, -0.05) is 36.4 Å². The van der Waals surface area contributed by atoms with Gasteiger partial charge in [0, 0.05) is 51.8 Å². The first kappa shape index (κ1) is 21.4. The summed E-state index contributed by atoms with van der Waals surface area (Å²) in [5.41, 5.74) is 2.29. The fraction of sp³-hybridized carbons (Fsp3) is 0.292. The number of carbonyl (C=O) groups is 2. The van der Waals surface area contributed by atoms with E-state index in [-0.39, 0.29) is 24.3 Å². The van der Waals surface area contributed by atoms with Crippen LogP contribution in [-0.2, 0) is 17.9 Å². The second-order valence-corrected chi connectivity index (χ2v) is 7.88. The number of hydrogen-bond donors (Lipinski definition) is 1. The van der Waals surface area contributed by atoms with Gasteiger partial charge in [-0.05, 0) is 17.7 Å². The summed E-state index contributed by atoms with van der Waals surface area (Å²) in [6.07, 6.45) is 2.00. The Morgan fingerprint density at radius 2 is 1.94 bits per heavy atom. The van der Waals surface area contributed by atoms with Crippen LogP contribution in [0.2, 0.25) is 0 Å². The predicted octanol–water partition coefficient (Wildman–Crippen LogP) is 2.70. The average molecular weight is 431 g/mol. The van der Waals surface area contributed by atoms with E-state index >= 15 is 0 Å². The van der Waals surface area contributed by atoms with Crippen LogP contribution in [0.15, 0.2) is 60.8 Å². The van der Waals surface area contributed by atoms with Gasteiger partial charge in [-0.3, -0.25) is 14.6 Å². The number of benzene rings is 1. The Labute approximate surface area is 187 Å². The van der Waals surface area contributed by atoms with Crippen LogP contribution in [0.4, 0.5) is 5.82 Å². The third-order valence-corrected chi connectivity index (χ3v) is 5.51. The monoisotopic (exact) mass is 430 g/mol. The van der Waals surface area contributed by atoms with E-state index in [1.54, 1.807) is 43.4 Å². The van der Waals surface area contributed by atoms with Crippen molar-refractivity contribution in [3.05, 3.63) is 83.6 Å². The molecule has 1 fully saturated rings. The number of likely N-dealkylation sites (tertiary alicyclic amines) is 1. The van der Waals surface area contributed by atoms with E-state index in [2.05, 4.69) is 15.3 Å². The third-order valence-electron chi connectivity index (χ3n) is 5.51. The molecule has 1 aliphatic heterocycles. The molecule has 4 rings (SSSR count). The Hall–Kier alpha value is -3.81. The first-order valence-corrected chi connectivity index (χ1v) is 10.6. The number of amides is 2. The molecule has 0 radical (unpaired) electrons. The Morgan fingerprint density at radius 1 is 1.16 bits per heavy atom. The number of anilines is 1. The maximum atomic E-state index is 12.6. The van der Waals surface area contributed by atoms with Gasteiger partial charge in [0.15, 0.2) is 0 Å². The molecule has 8 nitrogen and oxygen atoms in total. The van der Waals surface area contributed by atoms with Crippen LogP contribution in [0.5, 0.6) is 0 Å². The van der Waals surface area contributed by atoms with Crippen molar-refractivity contribution < 1.29 is 9.59 Å². The van der Waals surface area contributed by atoms with Crippen molar-refractivity contribution in [1.29, 1.82) is 0 Å². The molecule has 0 aliphatic carbocycles. The van der Waals surface area contributed by atoms with Crippen LogP contribution in [-0.4, -0.2) is 57.2 Å². The quantitative estimate of drug-likeness (QED) is 0.620. The van der Waals surface area contributed by atoms with E-state index < -0.39 is 0 Å². The Bertz CT molecular complexity index is 1090. The standard InChI is InChI=1S/C24H26N6O2/c1-25-21-13-20(18-12-23(31)30(15-18)14-17-8-4-3-5-9-17)27-22(28-21)16-29(2)24(32)19-10-6-7-11-26-19/h3-11,13,18H,12,14-16H2,1-2H3,(H,25,27,28)/t18-/m0/s1. The second kappa shape index (κ2) is 9.55. The third kappa shape index (κ3) is 4.91. The van der Waals surface area contributed by atoms with E-state index in [9.17, 15) is 9.59 Å². The molecule has 0 unspecified atom stereocenters. The lowest BCUT2D eigenvalue weighted by Crippen LogP contribution is -2.28. The number of hydrogen-bond acceptors (Lipinski definition) is 6. The van der Waals surface area contributed by atoms with E-state index in [1.165, 1.54) is 0 Å². The number of pyridine rings is 1. The molecular weight excluding hydrogens is 404 g/mol. The Balaban J connectivity index is 1.49. The molecule has 0 spiro atoms. The summed E-state index contributed by atoms with van der Waals surface area (Å²) < 4.78 is 0. The first-order valence-electron chi connectivity index (χ1n) is 10.6. The first-order chi connectivity index (χ1) is 15.5. The van der Waals surface area contributed by atoms with E-state index in [4.69, 9.17) is 4.98 Å². The van der Waals surface area contributed by atoms with Gasteiger partial charge in [0.1, 0.15) is 17.3 Å². The van der Waals surface area contributed by atoms with Crippen LogP contribution >= 0.6 is 0 Å². The van der Waals surface area contributed by atoms with Gasteiger partial charge in [-0.25, -0.2) is 9.97 Å². The van der Waals surface area contributed by atoms with E-state index in [0.717, 1.165) is 11.3 Å². The summed E-state index contributed by atoms with van der Waals surface area (Å²) in [4.78, 5) is 42.0.